The van der Waals surface area contributed by atoms with Crippen LogP contribution in [0.25, 0.3) is 0 Å². The van der Waals surface area contributed by atoms with E-state index in [0.717, 1.165) is 32.1 Å². The van der Waals surface area contributed by atoms with Crippen LogP contribution in [-0.2, 0) is 14.4 Å². The Bertz CT molecular complexity index is 479. The van der Waals surface area contributed by atoms with Crippen molar-refractivity contribution < 1.29 is 29.0 Å². The molecule has 0 amide bonds. The number of aliphatic carboxylic acids is 1. The Hall–Kier alpha value is -1.30. The molecule has 0 aromatic carbocycles. The summed E-state index contributed by atoms with van der Waals surface area (Å²) in [6.07, 6.45) is 5.36. The van der Waals surface area contributed by atoms with E-state index >= 15 is 0 Å². The Kier molecular flexibility index (Phi) is 11.4. The van der Waals surface area contributed by atoms with E-state index in [1.165, 1.54) is 0 Å². The summed E-state index contributed by atoms with van der Waals surface area (Å²) < 4.78 is 13.8. The number of unbranched alkanes of at least 4 members (excludes halogenated alkanes) is 5. The molecule has 1 aliphatic carbocycles. The van der Waals surface area contributed by atoms with Gasteiger partial charge in [-0.3, -0.25) is 14.4 Å². The summed E-state index contributed by atoms with van der Waals surface area (Å²) in [5.41, 5.74) is 0. The summed E-state index contributed by atoms with van der Waals surface area (Å²) in [5, 5.41) is 18.8. The van der Waals surface area contributed by atoms with Crippen LogP contribution in [0, 0.1) is 11.8 Å². The average Bonchev–Trinajstić information content (AvgIpc) is 2.89. The van der Waals surface area contributed by atoms with Gasteiger partial charge in [0.2, 0.25) is 0 Å². The van der Waals surface area contributed by atoms with Gasteiger partial charge in [0.1, 0.15) is 5.78 Å². The van der Waals surface area contributed by atoms with Crippen LogP contribution in [0.5, 0.6) is 0 Å². The van der Waals surface area contributed by atoms with Crippen molar-refractivity contribution in [1.82, 2.24) is 0 Å². The van der Waals surface area contributed by atoms with Crippen LogP contribution in [-0.4, -0.2) is 40.0 Å². The second kappa shape index (κ2) is 13.0. The van der Waals surface area contributed by atoms with E-state index < -0.39 is 24.0 Å². The highest BCUT2D eigenvalue weighted by atomic mass is 19.1. The number of halogens is 1. The number of Topliss-reactive ketones (excluding diaryl/α,β-unsaturated/α-hetero) is 2. The van der Waals surface area contributed by atoms with Crippen molar-refractivity contribution in [2.45, 2.75) is 103 Å². The van der Waals surface area contributed by atoms with Crippen LogP contribution in [0.4, 0.5) is 4.39 Å². The Morgan fingerprint density at radius 1 is 1.07 bits per heavy atom. The topological polar surface area (TPSA) is 91.7 Å². The number of carbonyl (C=O) groups excluding carboxylic acids is 2. The highest BCUT2D eigenvalue weighted by Crippen LogP contribution is 2.36. The van der Waals surface area contributed by atoms with Gasteiger partial charge in [0.25, 0.3) is 0 Å². The quantitative estimate of drug-likeness (QED) is 0.411. The van der Waals surface area contributed by atoms with Crippen LogP contribution in [0.1, 0.15) is 90.4 Å². The zero-order valence-electron chi connectivity index (χ0n) is 16.5. The maximum atomic E-state index is 13.8. The standard InChI is InChI=1S/C21H35FO5/c1-2-3-10-17(22)18(23)13-12-16-15(19(24)14-20(16)25)9-7-5-4-6-8-11-21(26)27/h15-17,20,25H,2-14H2,1H3,(H,26,27)/t15-,16-,17?,20-/m1/s1. The lowest BCUT2D eigenvalue weighted by atomic mass is 9.85. The Morgan fingerprint density at radius 3 is 2.41 bits per heavy atom. The highest BCUT2D eigenvalue weighted by Gasteiger charge is 2.40. The summed E-state index contributed by atoms with van der Waals surface area (Å²) in [6.45, 7) is 1.95. The summed E-state index contributed by atoms with van der Waals surface area (Å²) >= 11 is 0. The van der Waals surface area contributed by atoms with Gasteiger partial charge in [-0.15, -0.1) is 0 Å². The normalized spacial score (nSPS) is 23.5. The average molecular weight is 387 g/mol. The maximum Gasteiger partial charge on any atom is 0.303 e. The van der Waals surface area contributed by atoms with Crippen molar-refractivity contribution in [2.75, 3.05) is 0 Å². The number of carbonyl (C=O) groups is 3. The molecule has 0 aromatic heterocycles. The number of aliphatic hydroxyl groups is 1. The number of hydrogen-bond acceptors (Lipinski definition) is 4. The first-order valence-corrected chi connectivity index (χ1v) is 10.5. The zero-order valence-corrected chi connectivity index (χ0v) is 16.5. The molecule has 156 valence electrons. The maximum absolute atomic E-state index is 13.8. The molecule has 0 spiro atoms. The van der Waals surface area contributed by atoms with Gasteiger partial charge in [0.05, 0.1) is 6.10 Å². The molecule has 1 fully saturated rings. The van der Waals surface area contributed by atoms with Crippen molar-refractivity contribution in [2.24, 2.45) is 11.8 Å². The lowest BCUT2D eigenvalue weighted by molar-refractivity contribution is -0.137. The van der Waals surface area contributed by atoms with Crippen LogP contribution in [0.15, 0.2) is 0 Å². The van der Waals surface area contributed by atoms with Crippen LogP contribution >= 0.6 is 0 Å². The predicted molar refractivity (Wildman–Crippen MR) is 101 cm³/mol. The fourth-order valence-corrected chi connectivity index (χ4v) is 3.97. The molecule has 0 heterocycles. The first-order chi connectivity index (χ1) is 12.9. The smallest absolute Gasteiger partial charge is 0.303 e. The molecule has 1 saturated carbocycles. The van der Waals surface area contributed by atoms with E-state index in [0.29, 0.717) is 25.7 Å². The number of rotatable bonds is 15. The fraction of sp³-hybridized carbons (Fsp3) is 0.857. The Labute approximate surface area is 161 Å². The first kappa shape index (κ1) is 23.7. The molecule has 27 heavy (non-hydrogen) atoms. The van der Waals surface area contributed by atoms with Crippen molar-refractivity contribution in [3.63, 3.8) is 0 Å². The molecule has 0 saturated heterocycles. The predicted octanol–water partition coefficient (Wildman–Crippen LogP) is 4.25. The lowest BCUT2D eigenvalue weighted by Crippen LogP contribution is -2.24. The van der Waals surface area contributed by atoms with E-state index in [2.05, 4.69) is 0 Å². The molecule has 1 aliphatic rings. The molecular weight excluding hydrogens is 351 g/mol. The van der Waals surface area contributed by atoms with Gasteiger partial charge in [-0.1, -0.05) is 45.4 Å². The number of alkyl halides is 1. The molecule has 4 atom stereocenters. The van der Waals surface area contributed by atoms with Crippen LogP contribution in [0.2, 0.25) is 0 Å². The molecule has 1 rings (SSSR count). The summed E-state index contributed by atoms with van der Waals surface area (Å²) in [6, 6.07) is 0. The molecule has 1 unspecified atom stereocenters. The molecule has 0 aromatic rings. The second-order valence-electron chi connectivity index (χ2n) is 7.82. The summed E-state index contributed by atoms with van der Waals surface area (Å²) in [5.74, 6) is -1.61. The minimum Gasteiger partial charge on any atom is -0.481 e. The molecule has 2 N–H and O–H groups in total. The van der Waals surface area contributed by atoms with E-state index in [1.807, 2.05) is 6.92 Å². The fourth-order valence-electron chi connectivity index (χ4n) is 3.97. The number of carboxylic acid groups (broad SMARTS) is 1. The first-order valence-electron chi connectivity index (χ1n) is 10.5. The molecule has 6 heteroatoms. The van der Waals surface area contributed by atoms with Crippen LogP contribution < -0.4 is 0 Å². The van der Waals surface area contributed by atoms with Gasteiger partial charge in [-0.2, -0.15) is 0 Å². The van der Waals surface area contributed by atoms with Gasteiger partial charge >= 0.3 is 5.97 Å². The minimum atomic E-state index is -1.43. The third kappa shape index (κ3) is 8.96. The Balaban J connectivity index is 2.34. The van der Waals surface area contributed by atoms with E-state index in [9.17, 15) is 23.9 Å². The highest BCUT2D eigenvalue weighted by molar-refractivity contribution is 5.85. The molecule has 0 aliphatic heterocycles. The monoisotopic (exact) mass is 386 g/mol. The lowest BCUT2D eigenvalue weighted by Gasteiger charge is -2.21. The van der Waals surface area contributed by atoms with Crippen molar-refractivity contribution in [1.29, 1.82) is 0 Å². The van der Waals surface area contributed by atoms with Gasteiger partial charge in [-0.25, -0.2) is 4.39 Å². The van der Waals surface area contributed by atoms with E-state index in [-0.39, 0.29) is 43.3 Å². The molecular formula is C21H35FO5. The number of hydrogen-bond donors (Lipinski definition) is 2. The summed E-state index contributed by atoms with van der Waals surface area (Å²) in [7, 11) is 0. The van der Waals surface area contributed by atoms with Gasteiger partial charge in [-0.05, 0) is 31.6 Å². The van der Waals surface area contributed by atoms with Crippen molar-refractivity contribution in [3.05, 3.63) is 0 Å². The third-order valence-electron chi connectivity index (χ3n) is 5.63. The molecule has 5 nitrogen and oxygen atoms in total. The minimum absolute atomic E-state index is 0.0496. The van der Waals surface area contributed by atoms with E-state index in [4.69, 9.17) is 5.11 Å². The van der Waals surface area contributed by atoms with Gasteiger partial charge < -0.3 is 10.2 Å². The number of ketones is 2. The Morgan fingerprint density at radius 2 is 1.74 bits per heavy atom. The van der Waals surface area contributed by atoms with Crippen molar-refractivity contribution in [3.8, 4) is 0 Å². The second-order valence-corrected chi connectivity index (χ2v) is 7.82. The van der Waals surface area contributed by atoms with Crippen LogP contribution in [0.3, 0.4) is 0 Å². The largest absolute Gasteiger partial charge is 0.481 e. The molecule has 0 bridgehead atoms. The third-order valence-corrected chi connectivity index (χ3v) is 5.63. The van der Waals surface area contributed by atoms with Gasteiger partial charge in [0.15, 0.2) is 12.0 Å². The molecule has 0 radical (unpaired) electrons. The zero-order chi connectivity index (χ0) is 20.2. The summed E-state index contributed by atoms with van der Waals surface area (Å²) in [4.78, 5) is 34.6. The SMILES string of the molecule is CCCCC(F)C(=O)CC[C@H]1[C@H](O)CC(=O)[C@@H]1CCCCCCCC(=O)O. The van der Waals surface area contributed by atoms with Crippen molar-refractivity contribution >= 4 is 17.5 Å². The number of aliphatic hydroxyl groups excluding tert-OH is 1. The number of carboxylic acids is 1. The van der Waals surface area contributed by atoms with E-state index in [1.54, 1.807) is 0 Å². The van der Waals surface area contributed by atoms with Gasteiger partial charge in [0, 0.05) is 25.2 Å².